The number of benzene rings is 1. The predicted molar refractivity (Wildman–Crippen MR) is 99.6 cm³/mol. The van der Waals surface area contributed by atoms with E-state index in [0.29, 0.717) is 5.92 Å². The summed E-state index contributed by atoms with van der Waals surface area (Å²) in [4.78, 5) is 0. The van der Waals surface area contributed by atoms with Gasteiger partial charge in [-0.15, -0.1) is 0 Å². The van der Waals surface area contributed by atoms with Crippen LogP contribution in [0, 0.1) is 5.41 Å². The summed E-state index contributed by atoms with van der Waals surface area (Å²) in [5, 5.41) is 9.93. The molecular weight excluding hydrogens is 280 g/mol. The highest BCUT2D eigenvalue weighted by atomic mass is 16.3. The van der Waals surface area contributed by atoms with Crippen LogP contribution in [0.2, 0.25) is 0 Å². The van der Waals surface area contributed by atoms with Crippen LogP contribution in [0.25, 0.3) is 0 Å². The minimum absolute atomic E-state index is 0.0473. The van der Waals surface area contributed by atoms with E-state index in [9.17, 15) is 5.11 Å². The first kappa shape index (κ1) is 18.0. The molecule has 0 spiro atoms. The van der Waals surface area contributed by atoms with Crippen LogP contribution in [0.5, 0.6) is 0 Å². The molecule has 0 aromatic heterocycles. The summed E-state index contributed by atoms with van der Waals surface area (Å²) in [6, 6.07) is 10.6. The first-order chi connectivity index (χ1) is 11.2. The van der Waals surface area contributed by atoms with E-state index in [0.717, 1.165) is 12.8 Å². The summed E-state index contributed by atoms with van der Waals surface area (Å²) in [5.74, 6) is 0.374. The Kier molecular flexibility index (Phi) is 7.11. The molecule has 0 saturated carbocycles. The van der Waals surface area contributed by atoms with E-state index in [-0.39, 0.29) is 11.5 Å². The fourth-order valence-corrected chi connectivity index (χ4v) is 3.62. The third kappa shape index (κ3) is 5.66. The van der Waals surface area contributed by atoms with E-state index in [1.54, 1.807) is 0 Å². The van der Waals surface area contributed by atoms with Crippen molar-refractivity contribution >= 4 is 0 Å². The third-order valence-corrected chi connectivity index (χ3v) is 4.88. The van der Waals surface area contributed by atoms with E-state index in [1.807, 2.05) is 6.92 Å². The summed E-state index contributed by atoms with van der Waals surface area (Å²) in [6.07, 6.45) is 17.6. The van der Waals surface area contributed by atoms with Crippen molar-refractivity contribution in [2.75, 3.05) is 0 Å². The lowest BCUT2D eigenvalue weighted by molar-refractivity contribution is 0.146. The summed E-state index contributed by atoms with van der Waals surface area (Å²) in [6.45, 7) is 4.16. The highest BCUT2D eigenvalue weighted by molar-refractivity contribution is 5.34. The second kappa shape index (κ2) is 9.08. The van der Waals surface area contributed by atoms with Gasteiger partial charge in [0.2, 0.25) is 0 Å². The molecule has 0 amide bonds. The van der Waals surface area contributed by atoms with Gasteiger partial charge in [-0.1, -0.05) is 93.7 Å². The van der Waals surface area contributed by atoms with Crippen LogP contribution >= 0.6 is 0 Å². The fraction of sp³-hybridized carbons (Fsp3) is 0.545. The van der Waals surface area contributed by atoms with Crippen LogP contribution in [0.15, 0.2) is 54.6 Å². The summed E-state index contributed by atoms with van der Waals surface area (Å²) in [5.41, 5.74) is 1.39. The molecule has 23 heavy (non-hydrogen) atoms. The van der Waals surface area contributed by atoms with E-state index in [1.165, 1.54) is 37.7 Å². The van der Waals surface area contributed by atoms with Gasteiger partial charge in [0.05, 0.1) is 6.10 Å². The van der Waals surface area contributed by atoms with Crippen molar-refractivity contribution < 1.29 is 5.11 Å². The highest BCUT2D eigenvalue weighted by Crippen LogP contribution is 2.39. The molecule has 1 aliphatic carbocycles. The molecule has 0 radical (unpaired) electrons. The van der Waals surface area contributed by atoms with Crippen LogP contribution in [-0.4, -0.2) is 11.2 Å². The first-order valence-corrected chi connectivity index (χ1v) is 9.27. The fourth-order valence-electron chi connectivity index (χ4n) is 3.62. The van der Waals surface area contributed by atoms with E-state index < -0.39 is 0 Å². The molecule has 1 heteroatoms. The van der Waals surface area contributed by atoms with Crippen molar-refractivity contribution in [2.24, 2.45) is 5.41 Å². The van der Waals surface area contributed by atoms with Crippen molar-refractivity contribution in [2.45, 2.75) is 70.8 Å². The molecule has 1 N–H and O–H groups in total. The molecule has 1 atom stereocenters. The molecule has 1 nitrogen and oxygen atoms in total. The molecular formula is C22H32O. The van der Waals surface area contributed by atoms with Gasteiger partial charge in [0.25, 0.3) is 0 Å². The normalized spacial score (nSPS) is 24.7. The Bertz CT molecular complexity index is 484. The van der Waals surface area contributed by atoms with Gasteiger partial charge < -0.3 is 5.11 Å². The maximum Gasteiger partial charge on any atom is 0.0523 e. The largest absolute Gasteiger partial charge is 0.393 e. The molecule has 0 aliphatic heterocycles. The molecule has 2 rings (SSSR count). The number of unbranched alkanes of at least 4 members (excludes halogenated alkanes) is 4. The second-order valence-corrected chi connectivity index (χ2v) is 7.11. The van der Waals surface area contributed by atoms with E-state index in [2.05, 4.69) is 61.6 Å². The Morgan fingerprint density at radius 1 is 1.00 bits per heavy atom. The standard InChI is InChI=1S/C22H32O/c1-3-4-5-6-10-15-22(18-19(2)23)16-13-21(14-17-22)20-11-8-7-9-12-20/h7-9,11-14,16-17,19,21,23H,3-6,10,15,18H2,1-2H3. The molecule has 0 heterocycles. The molecule has 1 aliphatic rings. The smallest absolute Gasteiger partial charge is 0.0523 e. The summed E-state index contributed by atoms with van der Waals surface area (Å²) < 4.78 is 0. The summed E-state index contributed by atoms with van der Waals surface area (Å²) >= 11 is 0. The van der Waals surface area contributed by atoms with Crippen LogP contribution in [0.4, 0.5) is 0 Å². The van der Waals surface area contributed by atoms with Gasteiger partial charge in [0, 0.05) is 11.3 Å². The van der Waals surface area contributed by atoms with E-state index in [4.69, 9.17) is 0 Å². The Hall–Kier alpha value is -1.34. The quantitative estimate of drug-likeness (QED) is 0.437. The number of hydrogen-bond donors (Lipinski definition) is 1. The van der Waals surface area contributed by atoms with Gasteiger partial charge in [0.1, 0.15) is 0 Å². The van der Waals surface area contributed by atoms with Crippen molar-refractivity contribution in [3.63, 3.8) is 0 Å². The Labute approximate surface area is 142 Å². The maximum atomic E-state index is 9.93. The van der Waals surface area contributed by atoms with Gasteiger partial charge in [-0.2, -0.15) is 0 Å². The zero-order valence-electron chi connectivity index (χ0n) is 14.7. The van der Waals surface area contributed by atoms with Crippen LogP contribution < -0.4 is 0 Å². The average molecular weight is 312 g/mol. The Morgan fingerprint density at radius 2 is 1.65 bits per heavy atom. The Balaban J connectivity index is 1.99. The van der Waals surface area contributed by atoms with Crippen molar-refractivity contribution in [1.82, 2.24) is 0 Å². The number of aliphatic hydroxyl groups is 1. The highest BCUT2D eigenvalue weighted by Gasteiger charge is 2.28. The van der Waals surface area contributed by atoms with E-state index >= 15 is 0 Å². The minimum atomic E-state index is -0.256. The van der Waals surface area contributed by atoms with Crippen molar-refractivity contribution in [3.8, 4) is 0 Å². The number of allylic oxidation sites excluding steroid dienone is 4. The maximum absolute atomic E-state index is 9.93. The van der Waals surface area contributed by atoms with Gasteiger partial charge in [-0.05, 0) is 25.3 Å². The molecule has 0 fully saturated rings. The van der Waals surface area contributed by atoms with Crippen molar-refractivity contribution in [1.29, 1.82) is 0 Å². The average Bonchev–Trinajstić information content (AvgIpc) is 2.56. The van der Waals surface area contributed by atoms with Crippen LogP contribution in [-0.2, 0) is 0 Å². The zero-order chi connectivity index (χ0) is 16.5. The Morgan fingerprint density at radius 3 is 2.26 bits per heavy atom. The third-order valence-electron chi connectivity index (χ3n) is 4.88. The first-order valence-electron chi connectivity index (χ1n) is 9.27. The van der Waals surface area contributed by atoms with Gasteiger partial charge in [-0.3, -0.25) is 0 Å². The SMILES string of the molecule is CCCCCCCC1(CC(C)O)C=CC(c2ccccc2)C=C1. The number of hydrogen-bond acceptors (Lipinski definition) is 1. The topological polar surface area (TPSA) is 20.2 Å². The van der Waals surface area contributed by atoms with Crippen LogP contribution in [0.3, 0.4) is 0 Å². The second-order valence-electron chi connectivity index (χ2n) is 7.11. The molecule has 1 unspecified atom stereocenters. The van der Waals surface area contributed by atoms with Gasteiger partial charge in [0.15, 0.2) is 0 Å². The predicted octanol–water partition coefficient (Wildman–Crippen LogP) is 6.01. The molecule has 1 aromatic rings. The molecule has 1 aromatic carbocycles. The minimum Gasteiger partial charge on any atom is -0.393 e. The molecule has 0 bridgehead atoms. The summed E-state index contributed by atoms with van der Waals surface area (Å²) in [7, 11) is 0. The monoisotopic (exact) mass is 312 g/mol. The lowest BCUT2D eigenvalue weighted by atomic mass is 9.73. The van der Waals surface area contributed by atoms with Gasteiger partial charge >= 0.3 is 0 Å². The lowest BCUT2D eigenvalue weighted by Crippen LogP contribution is -2.23. The number of aliphatic hydroxyl groups excluding tert-OH is 1. The zero-order valence-corrected chi connectivity index (χ0v) is 14.7. The number of rotatable bonds is 9. The van der Waals surface area contributed by atoms with Gasteiger partial charge in [-0.25, -0.2) is 0 Å². The lowest BCUT2D eigenvalue weighted by Gasteiger charge is -2.32. The molecule has 0 saturated heterocycles. The molecule has 126 valence electrons. The van der Waals surface area contributed by atoms with Crippen LogP contribution in [0.1, 0.15) is 70.3 Å². The van der Waals surface area contributed by atoms with Crippen molar-refractivity contribution in [3.05, 3.63) is 60.2 Å².